The molecule has 2 fully saturated rings. The molecule has 2 aromatic rings. The Hall–Kier alpha value is -3.05. The summed E-state index contributed by atoms with van der Waals surface area (Å²) in [6, 6.07) is 14.3. The van der Waals surface area contributed by atoms with Crippen LogP contribution in [-0.4, -0.2) is 61.7 Å². The van der Waals surface area contributed by atoms with Gasteiger partial charge in [-0.3, -0.25) is 4.79 Å². The van der Waals surface area contributed by atoms with Crippen LogP contribution >= 0.6 is 0 Å². The minimum absolute atomic E-state index is 0.0134. The number of alkyl halides is 3. The Morgan fingerprint density at radius 2 is 1.81 bits per heavy atom. The van der Waals surface area contributed by atoms with Crippen LogP contribution in [0.5, 0.6) is 0 Å². The molecule has 2 atom stereocenters. The highest BCUT2D eigenvalue weighted by Crippen LogP contribution is 2.38. The molecule has 0 aromatic heterocycles. The summed E-state index contributed by atoms with van der Waals surface area (Å²) in [6.45, 7) is 9.23. The molecule has 2 heterocycles. The summed E-state index contributed by atoms with van der Waals surface area (Å²) >= 11 is 0. The van der Waals surface area contributed by atoms with E-state index in [9.17, 15) is 18.0 Å². The SMILES string of the molecule is [C-]#[N+]c1ccc(C(=O)N2CCN(C)CC2c2ccccc2)c(N2CCC(C(F)(F)F)C2)c1. The maximum atomic E-state index is 13.7. The van der Waals surface area contributed by atoms with Crippen molar-refractivity contribution in [3.05, 3.63) is 71.1 Å². The molecule has 5 nitrogen and oxygen atoms in total. The molecular formula is C24H25F3N4O. The fraction of sp³-hybridized carbons (Fsp3) is 0.417. The molecule has 0 bridgehead atoms. The van der Waals surface area contributed by atoms with Gasteiger partial charge in [-0.05, 0) is 25.1 Å². The zero-order valence-electron chi connectivity index (χ0n) is 17.8. The summed E-state index contributed by atoms with van der Waals surface area (Å²) in [6.07, 6.45) is -4.29. The van der Waals surface area contributed by atoms with Gasteiger partial charge in [0.05, 0.1) is 24.1 Å². The van der Waals surface area contributed by atoms with E-state index in [0.29, 0.717) is 36.6 Å². The number of amides is 1. The lowest BCUT2D eigenvalue weighted by Gasteiger charge is -2.41. The predicted octanol–water partition coefficient (Wildman–Crippen LogP) is 4.75. The van der Waals surface area contributed by atoms with E-state index < -0.39 is 12.1 Å². The molecule has 0 saturated carbocycles. The first-order valence-corrected chi connectivity index (χ1v) is 10.7. The van der Waals surface area contributed by atoms with Crippen molar-refractivity contribution in [1.29, 1.82) is 0 Å². The van der Waals surface area contributed by atoms with Crippen LogP contribution in [0.25, 0.3) is 4.85 Å². The van der Waals surface area contributed by atoms with E-state index in [1.165, 1.54) is 0 Å². The van der Waals surface area contributed by atoms with E-state index in [1.54, 1.807) is 23.1 Å². The number of likely N-dealkylation sites (N-methyl/N-ethyl adjacent to an activating group) is 1. The molecule has 0 aliphatic carbocycles. The molecule has 2 saturated heterocycles. The van der Waals surface area contributed by atoms with Gasteiger partial charge in [0.1, 0.15) is 0 Å². The molecule has 0 spiro atoms. The first-order valence-electron chi connectivity index (χ1n) is 10.7. The molecule has 8 heteroatoms. The van der Waals surface area contributed by atoms with Crippen molar-refractivity contribution in [2.75, 3.05) is 44.7 Å². The minimum Gasteiger partial charge on any atom is -0.371 e. The van der Waals surface area contributed by atoms with E-state index in [1.807, 2.05) is 42.3 Å². The van der Waals surface area contributed by atoms with Gasteiger partial charge in [-0.25, -0.2) is 4.85 Å². The van der Waals surface area contributed by atoms with Crippen molar-refractivity contribution < 1.29 is 18.0 Å². The number of anilines is 1. The number of benzene rings is 2. The molecule has 1 amide bonds. The summed E-state index contributed by atoms with van der Waals surface area (Å²) in [5, 5.41) is 0. The molecule has 2 aromatic carbocycles. The Bertz CT molecular complexity index is 1020. The standard InChI is InChI=1S/C24H25F3N4O/c1-28-19-8-9-20(21(14-19)30-11-10-18(15-30)24(25,26)27)23(32)31-13-12-29(2)16-22(31)17-6-4-3-5-7-17/h3-9,14,18,22H,10-13,15-16H2,2H3. The Morgan fingerprint density at radius 3 is 2.47 bits per heavy atom. The number of nitrogens with zero attached hydrogens (tertiary/aromatic N) is 4. The van der Waals surface area contributed by atoms with Crippen molar-refractivity contribution in [2.45, 2.75) is 18.6 Å². The van der Waals surface area contributed by atoms with Gasteiger partial charge in [0.2, 0.25) is 0 Å². The van der Waals surface area contributed by atoms with Crippen molar-refractivity contribution in [3.8, 4) is 0 Å². The smallest absolute Gasteiger partial charge is 0.371 e. The van der Waals surface area contributed by atoms with Crippen LogP contribution in [0.15, 0.2) is 48.5 Å². The lowest BCUT2D eigenvalue weighted by Crippen LogP contribution is -2.49. The minimum atomic E-state index is -4.27. The molecule has 32 heavy (non-hydrogen) atoms. The molecule has 2 unspecified atom stereocenters. The zero-order chi connectivity index (χ0) is 22.9. The third-order valence-corrected chi connectivity index (χ3v) is 6.36. The Morgan fingerprint density at radius 1 is 1.06 bits per heavy atom. The number of carbonyl (C=O) groups is 1. The van der Waals surface area contributed by atoms with Crippen LogP contribution in [0, 0.1) is 12.5 Å². The summed E-state index contributed by atoms with van der Waals surface area (Å²) in [5.41, 5.74) is 2.10. The van der Waals surface area contributed by atoms with Crippen LogP contribution < -0.4 is 4.90 Å². The van der Waals surface area contributed by atoms with Gasteiger partial charge in [-0.15, -0.1) is 0 Å². The number of piperazine rings is 1. The van der Waals surface area contributed by atoms with Gasteiger partial charge >= 0.3 is 6.18 Å². The Labute approximate surface area is 185 Å². The van der Waals surface area contributed by atoms with E-state index in [2.05, 4.69) is 9.74 Å². The number of rotatable bonds is 3. The Balaban J connectivity index is 1.68. The predicted molar refractivity (Wildman–Crippen MR) is 117 cm³/mol. The first kappa shape index (κ1) is 22.2. The summed E-state index contributed by atoms with van der Waals surface area (Å²) < 4.78 is 39.8. The van der Waals surface area contributed by atoms with Crippen LogP contribution in [-0.2, 0) is 0 Å². The van der Waals surface area contributed by atoms with Gasteiger partial charge in [0, 0.05) is 38.4 Å². The van der Waals surface area contributed by atoms with Crippen molar-refractivity contribution in [2.24, 2.45) is 5.92 Å². The third kappa shape index (κ3) is 4.44. The fourth-order valence-corrected chi connectivity index (χ4v) is 4.56. The average Bonchev–Trinajstić information content (AvgIpc) is 3.30. The number of halogens is 3. The van der Waals surface area contributed by atoms with Crippen molar-refractivity contribution in [3.63, 3.8) is 0 Å². The molecule has 2 aliphatic heterocycles. The molecule has 0 N–H and O–H groups in total. The third-order valence-electron chi connectivity index (χ3n) is 6.36. The van der Waals surface area contributed by atoms with Crippen LogP contribution in [0.4, 0.5) is 24.5 Å². The monoisotopic (exact) mass is 442 g/mol. The van der Waals surface area contributed by atoms with Gasteiger partial charge in [-0.2, -0.15) is 13.2 Å². The average molecular weight is 442 g/mol. The highest BCUT2D eigenvalue weighted by atomic mass is 19.4. The van der Waals surface area contributed by atoms with E-state index in [4.69, 9.17) is 6.57 Å². The lowest BCUT2D eigenvalue weighted by molar-refractivity contribution is -0.168. The maximum Gasteiger partial charge on any atom is 0.393 e. The number of carbonyl (C=O) groups excluding carboxylic acids is 1. The highest BCUT2D eigenvalue weighted by molar-refractivity contribution is 6.01. The first-order chi connectivity index (χ1) is 15.3. The molecular weight excluding hydrogens is 417 g/mol. The molecule has 168 valence electrons. The van der Waals surface area contributed by atoms with E-state index in [-0.39, 0.29) is 31.5 Å². The largest absolute Gasteiger partial charge is 0.393 e. The van der Waals surface area contributed by atoms with Gasteiger partial charge < -0.3 is 14.7 Å². The van der Waals surface area contributed by atoms with Crippen LogP contribution in [0.3, 0.4) is 0 Å². The van der Waals surface area contributed by atoms with Crippen molar-refractivity contribution in [1.82, 2.24) is 9.80 Å². The summed E-state index contributed by atoms with van der Waals surface area (Å²) in [4.78, 5) is 22.7. The Kier molecular flexibility index (Phi) is 6.11. The summed E-state index contributed by atoms with van der Waals surface area (Å²) in [5.74, 6) is -1.64. The second-order valence-corrected chi connectivity index (χ2v) is 8.47. The molecule has 4 rings (SSSR count). The topological polar surface area (TPSA) is 31.2 Å². The normalized spacial score (nSPS) is 22.1. The molecule has 0 radical (unpaired) electrons. The summed E-state index contributed by atoms with van der Waals surface area (Å²) in [7, 11) is 2.01. The number of hydrogen-bond donors (Lipinski definition) is 0. The quantitative estimate of drug-likeness (QED) is 0.643. The lowest BCUT2D eigenvalue weighted by atomic mass is 10.0. The second-order valence-electron chi connectivity index (χ2n) is 8.47. The fourth-order valence-electron chi connectivity index (χ4n) is 4.56. The van der Waals surface area contributed by atoms with Gasteiger partial charge in [-0.1, -0.05) is 42.5 Å². The van der Waals surface area contributed by atoms with Gasteiger partial charge in [0.25, 0.3) is 5.91 Å². The number of hydrogen-bond acceptors (Lipinski definition) is 3. The van der Waals surface area contributed by atoms with E-state index in [0.717, 1.165) is 5.56 Å². The van der Waals surface area contributed by atoms with Crippen LogP contribution in [0.1, 0.15) is 28.4 Å². The van der Waals surface area contributed by atoms with E-state index >= 15 is 0 Å². The second kappa shape index (κ2) is 8.83. The highest BCUT2D eigenvalue weighted by Gasteiger charge is 2.44. The van der Waals surface area contributed by atoms with Crippen LogP contribution in [0.2, 0.25) is 0 Å². The maximum absolute atomic E-state index is 13.7. The van der Waals surface area contributed by atoms with Gasteiger partial charge in [0.15, 0.2) is 5.69 Å². The van der Waals surface area contributed by atoms with Crippen molar-refractivity contribution >= 4 is 17.3 Å². The molecule has 2 aliphatic rings. The zero-order valence-corrected chi connectivity index (χ0v) is 17.8.